The molecule has 3 rings (SSSR count). The molecule has 0 saturated carbocycles. The van der Waals surface area contributed by atoms with Crippen LogP contribution in [0, 0.1) is 12.8 Å². The Hall–Kier alpha value is -2.86. The molecule has 1 atom stereocenters. The van der Waals surface area contributed by atoms with Crippen molar-refractivity contribution in [2.75, 3.05) is 31.6 Å². The number of carbonyl (C=O) groups excluding carboxylic acids is 2. The zero-order valence-corrected chi connectivity index (χ0v) is 17.1. The number of nitrogens with zero attached hydrogens (tertiary/aromatic N) is 1. The third-order valence-electron chi connectivity index (χ3n) is 5.10. The molecule has 2 aromatic rings. The summed E-state index contributed by atoms with van der Waals surface area (Å²) in [4.78, 5) is 26.3. The highest BCUT2D eigenvalue weighted by molar-refractivity contribution is 5.92. The van der Waals surface area contributed by atoms with E-state index in [-0.39, 0.29) is 12.0 Å². The Morgan fingerprint density at radius 2 is 1.83 bits per heavy atom. The lowest BCUT2D eigenvalue weighted by Gasteiger charge is -2.16. The van der Waals surface area contributed by atoms with Crippen molar-refractivity contribution in [1.29, 1.82) is 0 Å². The summed E-state index contributed by atoms with van der Waals surface area (Å²) in [7, 11) is 0. The Balaban J connectivity index is 1.39. The number of rotatable bonds is 7. The first kappa shape index (κ1) is 20.9. The highest BCUT2D eigenvalue weighted by Gasteiger charge is 2.22. The number of ether oxygens (including phenoxy) is 1. The van der Waals surface area contributed by atoms with Gasteiger partial charge in [0, 0.05) is 25.3 Å². The van der Waals surface area contributed by atoms with Crippen molar-refractivity contribution < 1.29 is 14.3 Å². The number of hydrogen-bond donors (Lipinski definition) is 2. The highest BCUT2D eigenvalue weighted by Crippen LogP contribution is 2.18. The number of benzene rings is 2. The van der Waals surface area contributed by atoms with Crippen LogP contribution in [0.2, 0.25) is 0 Å². The maximum atomic E-state index is 12.2. The minimum absolute atomic E-state index is 0.231. The van der Waals surface area contributed by atoms with Crippen molar-refractivity contribution in [2.24, 2.45) is 5.92 Å². The summed E-state index contributed by atoms with van der Waals surface area (Å²) in [5, 5.41) is 5.76. The molecule has 6 nitrogen and oxygen atoms in total. The van der Waals surface area contributed by atoms with E-state index >= 15 is 0 Å². The van der Waals surface area contributed by atoms with Gasteiger partial charge in [0.15, 0.2) is 0 Å². The van der Waals surface area contributed by atoms with Gasteiger partial charge in [0.05, 0.1) is 12.2 Å². The molecule has 2 aromatic carbocycles. The van der Waals surface area contributed by atoms with E-state index in [1.54, 1.807) is 31.2 Å². The van der Waals surface area contributed by atoms with E-state index in [1.165, 1.54) is 11.1 Å². The number of amides is 2. The van der Waals surface area contributed by atoms with Gasteiger partial charge in [0.2, 0.25) is 0 Å². The standard InChI is InChI=1S/C23H29N3O3/c1-3-29-22(27)20-8-10-21(11-9-20)25-23(28)24-14-19-12-13-26(16-19)15-18-6-4-17(2)5-7-18/h4-11,19H,3,12-16H2,1-2H3,(H2,24,25,28)/t19-/m1/s1. The molecule has 1 aliphatic rings. The number of anilines is 1. The Labute approximate surface area is 172 Å². The van der Waals surface area contributed by atoms with E-state index in [1.807, 2.05) is 0 Å². The second kappa shape index (κ2) is 10.1. The third kappa shape index (κ3) is 6.32. The maximum absolute atomic E-state index is 12.2. The third-order valence-corrected chi connectivity index (χ3v) is 5.10. The molecule has 29 heavy (non-hydrogen) atoms. The predicted molar refractivity (Wildman–Crippen MR) is 114 cm³/mol. The Kier molecular flexibility index (Phi) is 7.25. The van der Waals surface area contributed by atoms with Gasteiger partial charge in [-0.05, 0) is 62.6 Å². The lowest BCUT2D eigenvalue weighted by atomic mass is 10.1. The molecule has 6 heteroatoms. The predicted octanol–water partition coefficient (Wildman–Crippen LogP) is 3.82. The van der Waals surface area contributed by atoms with Gasteiger partial charge in [-0.1, -0.05) is 29.8 Å². The molecule has 154 valence electrons. The van der Waals surface area contributed by atoms with E-state index in [4.69, 9.17) is 4.74 Å². The van der Waals surface area contributed by atoms with Crippen LogP contribution in [-0.4, -0.2) is 43.1 Å². The smallest absolute Gasteiger partial charge is 0.338 e. The van der Waals surface area contributed by atoms with Crippen LogP contribution in [0.3, 0.4) is 0 Å². The Morgan fingerprint density at radius 1 is 1.10 bits per heavy atom. The average Bonchev–Trinajstić information content (AvgIpc) is 3.16. The number of hydrogen-bond acceptors (Lipinski definition) is 4. The molecule has 0 spiro atoms. The molecule has 1 aliphatic heterocycles. The second-order valence-electron chi connectivity index (χ2n) is 7.51. The molecule has 1 heterocycles. The zero-order chi connectivity index (χ0) is 20.6. The molecule has 1 saturated heterocycles. The number of urea groups is 1. The summed E-state index contributed by atoms with van der Waals surface area (Å²) in [6.07, 6.45) is 1.08. The fourth-order valence-corrected chi connectivity index (χ4v) is 3.49. The Morgan fingerprint density at radius 3 is 2.52 bits per heavy atom. The largest absolute Gasteiger partial charge is 0.462 e. The number of aryl methyl sites for hydroxylation is 1. The van der Waals surface area contributed by atoms with Crippen molar-refractivity contribution in [1.82, 2.24) is 10.2 Å². The lowest BCUT2D eigenvalue weighted by Crippen LogP contribution is -2.34. The summed E-state index contributed by atoms with van der Waals surface area (Å²) in [6.45, 7) is 7.85. The van der Waals surface area contributed by atoms with Crippen molar-refractivity contribution in [3.8, 4) is 0 Å². The maximum Gasteiger partial charge on any atom is 0.338 e. The van der Waals surface area contributed by atoms with Gasteiger partial charge >= 0.3 is 12.0 Å². The van der Waals surface area contributed by atoms with E-state index in [2.05, 4.69) is 46.7 Å². The van der Waals surface area contributed by atoms with Gasteiger partial charge in [0.25, 0.3) is 0 Å². The van der Waals surface area contributed by atoms with Crippen LogP contribution >= 0.6 is 0 Å². The van der Waals surface area contributed by atoms with Crippen LogP contribution < -0.4 is 10.6 Å². The van der Waals surface area contributed by atoms with E-state index in [9.17, 15) is 9.59 Å². The fourth-order valence-electron chi connectivity index (χ4n) is 3.49. The summed E-state index contributed by atoms with van der Waals surface area (Å²) in [5.74, 6) is 0.0947. The van der Waals surface area contributed by atoms with E-state index < -0.39 is 0 Å². The first-order chi connectivity index (χ1) is 14.0. The van der Waals surface area contributed by atoms with Crippen LogP contribution in [0.15, 0.2) is 48.5 Å². The molecule has 2 amide bonds. The second-order valence-corrected chi connectivity index (χ2v) is 7.51. The van der Waals surface area contributed by atoms with Gasteiger partial charge in [-0.15, -0.1) is 0 Å². The van der Waals surface area contributed by atoms with Crippen LogP contribution in [-0.2, 0) is 11.3 Å². The van der Waals surface area contributed by atoms with Crippen LogP contribution in [0.25, 0.3) is 0 Å². The van der Waals surface area contributed by atoms with Gasteiger partial charge in [-0.25, -0.2) is 9.59 Å². The summed E-state index contributed by atoms with van der Waals surface area (Å²) in [6, 6.07) is 15.1. The van der Waals surface area contributed by atoms with Crippen molar-refractivity contribution in [3.63, 3.8) is 0 Å². The lowest BCUT2D eigenvalue weighted by molar-refractivity contribution is 0.0526. The number of carbonyl (C=O) groups is 2. The van der Waals surface area contributed by atoms with Crippen molar-refractivity contribution in [3.05, 3.63) is 65.2 Å². The van der Waals surface area contributed by atoms with Gasteiger partial charge in [-0.3, -0.25) is 4.90 Å². The average molecular weight is 396 g/mol. The molecular weight excluding hydrogens is 366 g/mol. The normalized spacial score (nSPS) is 16.4. The number of nitrogens with one attached hydrogen (secondary N) is 2. The van der Waals surface area contributed by atoms with Gasteiger partial charge in [0.1, 0.15) is 0 Å². The molecule has 0 unspecified atom stereocenters. The Bertz CT molecular complexity index is 818. The molecule has 0 bridgehead atoms. The molecule has 0 aromatic heterocycles. The quantitative estimate of drug-likeness (QED) is 0.700. The topological polar surface area (TPSA) is 70.7 Å². The van der Waals surface area contributed by atoms with Crippen molar-refractivity contribution >= 4 is 17.7 Å². The van der Waals surface area contributed by atoms with Gasteiger partial charge < -0.3 is 15.4 Å². The number of likely N-dealkylation sites (tertiary alicyclic amines) is 1. The van der Waals surface area contributed by atoms with Crippen LogP contribution in [0.5, 0.6) is 0 Å². The highest BCUT2D eigenvalue weighted by atomic mass is 16.5. The molecule has 0 radical (unpaired) electrons. The molecule has 0 aliphatic carbocycles. The SMILES string of the molecule is CCOC(=O)c1ccc(NC(=O)NC[C@H]2CCN(Cc3ccc(C)cc3)C2)cc1. The zero-order valence-electron chi connectivity index (χ0n) is 17.1. The monoisotopic (exact) mass is 395 g/mol. The number of esters is 1. The minimum atomic E-state index is -0.361. The summed E-state index contributed by atoms with van der Waals surface area (Å²) < 4.78 is 4.95. The van der Waals surface area contributed by atoms with Crippen molar-refractivity contribution in [2.45, 2.75) is 26.8 Å². The fraction of sp³-hybridized carbons (Fsp3) is 0.391. The van der Waals surface area contributed by atoms with E-state index in [0.29, 0.717) is 30.3 Å². The molecular formula is C23H29N3O3. The minimum Gasteiger partial charge on any atom is -0.462 e. The summed E-state index contributed by atoms with van der Waals surface area (Å²) in [5.41, 5.74) is 3.72. The summed E-state index contributed by atoms with van der Waals surface area (Å²) >= 11 is 0. The van der Waals surface area contributed by atoms with Gasteiger partial charge in [-0.2, -0.15) is 0 Å². The first-order valence-corrected chi connectivity index (χ1v) is 10.1. The molecule has 1 fully saturated rings. The van der Waals surface area contributed by atoms with Crippen LogP contribution in [0.4, 0.5) is 10.5 Å². The van der Waals surface area contributed by atoms with E-state index in [0.717, 1.165) is 26.1 Å². The first-order valence-electron chi connectivity index (χ1n) is 10.1. The van der Waals surface area contributed by atoms with Crippen LogP contribution in [0.1, 0.15) is 34.8 Å². The molecule has 2 N–H and O–H groups in total.